The molecule has 5 nitrogen and oxygen atoms in total. The van der Waals surface area contributed by atoms with Gasteiger partial charge in [0.25, 0.3) is 0 Å². The number of nitrogens with zero attached hydrogens (tertiary/aromatic N) is 3. The van der Waals surface area contributed by atoms with Crippen LogP contribution in [0.5, 0.6) is 5.75 Å². The SMILES string of the molecule is Cc1nn(CCOc2ccccc2C(F)(F)F)c(N)c1C#N. The van der Waals surface area contributed by atoms with E-state index in [1.807, 2.05) is 6.07 Å². The Morgan fingerprint density at radius 1 is 1.36 bits per heavy atom. The van der Waals surface area contributed by atoms with Gasteiger partial charge in [0.2, 0.25) is 0 Å². The number of nitrogen functional groups attached to an aromatic ring is 1. The average Bonchev–Trinajstić information content (AvgIpc) is 2.72. The number of halogens is 3. The molecule has 0 radical (unpaired) electrons. The number of nitriles is 1. The van der Waals surface area contributed by atoms with Gasteiger partial charge in [0.15, 0.2) is 0 Å². The molecule has 0 fully saturated rings. The highest BCUT2D eigenvalue weighted by Crippen LogP contribution is 2.35. The van der Waals surface area contributed by atoms with Gasteiger partial charge in [-0.1, -0.05) is 12.1 Å². The fourth-order valence-electron chi connectivity index (χ4n) is 1.98. The fourth-order valence-corrected chi connectivity index (χ4v) is 1.98. The molecule has 0 aliphatic rings. The molecule has 0 amide bonds. The van der Waals surface area contributed by atoms with Crippen LogP contribution >= 0.6 is 0 Å². The molecule has 0 spiro atoms. The molecule has 0 unspecified atom stereocenters. The van der Waals surface area contributed by atoms with Crippen molar-refractivity contribution < 1.29 is 17.9 Å². The number of aromatic nitrogens is 2. The molecular weight excluding hydrogens is 297 g/mol. The molecule has 2 rings (SSSR count). The lowest BCUT2D eigenvalue weighted by Crippen LogP contribution is -2.14. The van der Waals surface area contributed by atoms with Crippen LogP contribution < -0.4 is 10.5 Å². The van der Waals surface area contributed by atoms with Crippen LogP contribution in [0.2, 0.25) is 0 Å². The van der Waals surface area contributed by atoms with Crippen molar-refractivity contribution in [3.63, 3.8) is 0 Å². The molecular formula is C14H13F3N4O. The molecule has 0 saturated carbocycles. The Bertz CT molecular complexity index is 716. The van der Waals surface area contributed by atoms with Crippen LogP contribution in [0.1, 0.15) is 16.8 Å². The largest absolute Gasteiger partial charge is 0.491 e. The number of hydrogen-bond donors (Lipinski definition) is 1. The van der Waals surface area contributed by atoms with Crippen LogP contribution in [0.4, 0.5) is 19.0 Å². The van der Waals surface area contributed by atoms with E-state index in [0.717, 1.165) is 6.07 Å². The maximum atomic E-state index is 12.8. The maximum Gasteiger partial charge on any atom is 0.419 e. The number of alkyl halides is 3. The Labute approximate surface area is 124 Å². The normalized spacial score (nSPS) is 11.2. The van der Waals surface area contributed by atoms with Gasteiger partial charge in [0.1, 0.15) is 29.8 Å². The first kappa shape index (κ1) is 15.7. The zero-order chi connectivity index (χ0) is 16.3. The number of anilines is 1. The van der Waals surface area contributed by atoms with Crippen LogP contribution in [0.3, 0.4) is 0 Å². The molecule has 0 atom stereocenters. The van der Waals surface area contributed by atoms with Gasteiger partial charge in [-0.25, -0.2) is 4.68 Å². The highest BCUT2D eigenvalue weighted by molar-refractivity contribution is 5.51. The van der Waals surface area contributed by atoms with Crippen LogP contribution in [0.15, 0.2) is 24.3 Å². The quantitative estimate of drug-likeness (QED) is 0.942. The molecule has 0 bridgehead atoms. The van der Waals surface area contributed by atoms with Crippen molar-refractivity contribution in [1.29, 1.82) is 5.26 Å². The lowest BCUT2D eigenvalue weighted by atomic mass is 10.2. The summed E-state index contributed by atoms with van der Waals surface area (Å²) < 4.78 is 45.0. The third-order valence-electron chi connectivity index (χ3n) is 3.03. The maximum absolute atomic E-state index is 12.8. The number of rotatable bonds is 4. The molecule has 0 saturated heterocycles. The zero-order valence-corrected chi connectivity index (χ0v) is 11.7. The average molecular weight is 310 g/mol. The molecule has 0 aliphatic heterocycles. The van der Waals surface area contributed by atoms with Crippen molar-refractivity contribution >= 4 is 5.82 Å². The molecule has 1 aromatic carbocycles. The summed E-state index contributed by atoms with van der Waals surface area (Å²) in [5.74, 6) is -0.0781. The first-order chi connectivity index (χ1) is 10.3. The first-order valence-electron chi connectivity index (χ1n) is 6.36. The Kier molecular flexibility index (Phi) is 4.26. The lowest BCUT2D eigenvalue weighted by Gasteiger charge is -2.13. The third-order valence-corrected chi connectivity index (χ3v) is 3.03. The second-order valence-electron chi connectivity index (χ2n) is 4.52. The summed E-state index contributed by atoms with van der Waals surface area (Å²) in [6.07, 6.45) is -4.48. The monoisotopic (exact) mass is 310 g/mol. The van der Waals surface area contributed by atoms with E-state index >= 15 is 0 Å². The summed E-state index contributed by atoms with van der Waals surface area (Å²) in [6.45, 7) is 1.72. The second kappa shape index (κ2) is 5.97. The van der Waals surface area contributed by atoms with E-state index in [0.29, 0.717) is 5.69 Å². The summed E-state index contributed by atoms with van der Waals surface area (Å²) in [6, 6.07) is 6.89. The molecule has 1 aromatic heterocycles. The molecule has 2 N–H and O–H groups in total. The highest BCUT2D eigenvalue weighted by atomic mass is 19.4. The number of nitrogens with two attached hydrogens (primary N) is 1. The smallest absolute Gasteiger partial charge is 0.419 e. The van der Waals surface area contributed by atoms with Gasteiger partial charge in [-0.05, 0) is 19.1 Å². The van der Waals surface area contributed by atoms with Gasteiger partial charge < -0.3 is 10.5 Å². The zero-order valence-electron chi connectivity index (χ0n) is 11.7. The van der Waals surface area contributed by atoms with Crippen LogP contribution in [0.25, 0.3) is 0 Å². The van der Waals surface area contributed by atoms with Crippen molar-refractivity contribution in [2.24, 2.45) is 0 Å². The third kappa shape index (κ3) is 3.14. The summed E-state index contributed by atoms with van der Waals surface area (Å²) in [4.78, 5) is 0. The molecule has 116 valence electrons. The molecule has 1 heterocycles. The number of para-hydroxylation sites is 1. The predicted octanol–water partition coefficient (Wildman–Crippen LogP) is 2.74. The Morgan fingerprint density at radius 2 is 2.05 bits per heavy atom. The summed E-state index contributed by atoms with van der Waals surface area (Å²) >= 11 is 0. The molecule has 22 heavy (non-hydrogen) atoms. The molecule has 2 aromatic rings. The van der Waals surface area contributed by atoms with Crippen molar-refractivity contribution in [3.05, 3.63) is 41.1 Å². The Hall–Kier alpha value is -2.69. The van der Waals surface area contributed by atoms with Gasteiger partial charge in [-0.15, -0.1) is 0 Å². The van der Waals surface area contributed by atoms with E-state index in [4.69, 9.17) is 15.7 Å². The molecule has 8 heteroatoms. The number of hydrogen-bond acceptors (Lipinski definition) is 4. The van der Waals surface area contributed by atoms with Gasteiger partial charge in [0, 0.05) is 0 Å². The van der Waals surface area contributed by atoms with E-state index < -0.39 is 11.7 Å². The van der Waals surface area contributed by atoms with Crippen LogP contribution in [0, 0.1) is 18.3 Å². The fraction of sp³-hybridized carbons (Fsp3) is 0.286. The standard InChI is InChI=1S/C14H13F3N4O/c1-9-10(8-18)13(19)21(20-9)6-7-22-12-5-3-2-4-11(12)14(15,16)17/h2-5H,6-7,19H2,1H3. The Balaban J connectivity index is 2.08. The topological polar surface area (TPSA) is 76.9 Å². The Morgan fingerprint density at radius 3 is 2.64 bits per heavy atom. The van der Waals surface area contributed by atoms with E-state index in [1.165, 1.54) is 22.9 Å². The van der Waals surface area contributed by atoms with Gasteiger partial charge in [-0.3, -0.25) is 0 Å². The van der Waals surface area contributed by atoms with Gasteiger partial charge in [0.05, 0.1) is 17.8 Å². The summed E-state index contributed by atoms with van der Waals surface area (Å²) in [5.41, 5.74) is 5.63. The van der Waals surface area contributed by atoms with E-state index in [1.54, 1.807) is 6.92 Å². The van der Waals surface area contributed by atoms with E-state index in [9.17, 15) is 13.2 Å². The van der Waals surface area contributed by atoms with Gasteiger partial charge >= 0.3 is 6.18 Å². The minimum Gasteiger partial charge on any atom is -0.491 e. The number of benzene rings is 1. The summed E-state index contributed by atoms with van der Waals surface area (Å²) in [5, 5.41) is 13.0. The number of ether oxygens (including phenoxy) is 1. The highest BCUT2D eigenvalue weighted by Gasteiger charge is 2.33. The van der Waals surface area contributed by atoms with E-state index in [-0.39, 0.29) is 30.3 Å². The molecule has 0 aliphatic carbocycles. The van der Waals surface area contributed by atoms with Gasteiger partial charge in [-0.2, -0.15) is 23.5 Å². The minimum atomic E-state index is -4.48. The first-order valence-corrected chi connectivity index (χ1v) is 6.36. The minimum absolute atomic E-state index is 0.0523. The van der Waals surface area contributed by atoms with Crippen molar-refractivity contribution in [1.82, 2.24) is 9.78 Å². The van der Waals surface area contributed by atoms with Crippen molar-refractivity contribution in [2.45, 2.75) is 19.6 Å². The summed E-state index contributed by atoms with van der Waals surface area (Å²) in [7, 11) is 0. The number of aryl methyl sites for hydroxylation is 1. The second-order valence-corrected chi connectivity index (χ2v) is 4.52. The predicted molar refractivity (Wildman–Crippen MR) is 73.0 cm³/mol. The van der Waals surface area contributed by atoms with Crippen LogP contribution in [-0.4, -0.2) is 16.4 Å². The van der Waals surface area contributed by atoms with Crippen molar-refractivity contribution in [2.75, 3.05) is 12.3 Å². The van der Waals surface area contributed by atoms with Crippen molar-refractivity contribution in [3.8, 4) is 11.8 Å². The van der Waals surface area contributed by atoms with E-state index in [2.05, 4.69) is 5.10 Å². The van der Waals surface area contributed by atoms with Crippen LogP contribution in [-0.2, 0) is 12.7 Å². The lowest BCUT2D eigenvalue weighted by molar-refractivity contribution is -0.139.